The highest BCUT2D eigenvalue weighted by atomic mass is 35.5. The molecule has 0 fully saturated rings. The number of rotatable bonds is 3. The van der Waals surface area contributed by atoms with Crippen LogP contribution in [-0.2, 0) is 13.0 Å². The molecule has 0 saturated carbocycles. The second kappa shape index (κ2) is 5.96. The number of benzene rings is 1. The van der Waals surface area contributed by atoms with Crippen molar-refractivity contribution in [1.29, 1.82) is 0 Å². The van der Waals surface area contributed by atoms with E-state index in [2.05, 4.69) is 20.0 Å². The van der Waals surface area contributed by atoms with Gasteiger partial charge in [-0.25, -0.2) is 4.98 Å². The van der Waals surface area contributed by atoms with E-state index < -0.39 is 0 Å². The average molecular weight is 345 g/mol. The van der Waals surface area contributed by atoms with Crippen molar-refractivity contribution in [2.45, 2.75) is 25.9 Å². The molecule has 2 aromatic heterocycles. The normalized spacial score (nSPS) is 17.8. The van der Waals surface area contributed by atoms with Gasteiger partial charge in [0, 0.05) is 41.9 Å². The maximum absolute atomic E-state index is 10.1. The second-order valence-electron chi connectivity index (χ2n) is 6.03. The van der Waals surface area contributed by atoms with Crippen molar-refractivity contribution >= 4 is 11.6 Å². The number of aromatic hydroxyl groups is 1. The Morgan fingerprint density at radius 2 is 2.29 bits per heavy atom. The van der Waals surface area contributed by atoms with Crippen molar-refractivity contribution in [2.24, 2.45) is 0 Å². The van der Waals surface area contributed by atoms with E-state index in [1.54, 1.807) is 24.5 Å². The molecule has 1 atom stereocenters. The van der Waals surface area contributed by atoms with Crippen LogP contribution in [-0.4, -0.2) is 31.7 Å². The molecule has 24 heavy (non-hydrogen) atoms. The second-order valence-corrected chi connectivity index (χ2v) is 6.47. The number of phenolic OH excluding ortho intramolecular Hbond substituents is 1. The summed E-state index contributed by atoms with van der Waals surface area (Å²) >= 11 is 6.08. The van der Waals surface area contributed by atoms with E-state index in [0.717, 1.165) is 41.4 Å². The van der Waals surface area contributed by atoms with E-state index in [4.69, 9.17) is 16.1 Å². The van der Waals surface area contributed by atoms with Crippen molar-refractivity contribution < 1.29 is 9.63 Å². The van der Waals surface area contributed by atoms with E-state index >= 15 is 0 Å². The van der Waals surface area contributed by atoms with Crippen LogP contribution in [0.4, 0.5) is 0 Å². The first-order chi connectivity index (χ1) is 11.6. The fourth-order valence-corrected chi connectivity index (χ4v) is 3.42. The third kappa shape index (κ3) is 2.68. The number of hydrogen-bond acceptors (Lipinski definition) is 5. The van der Waals surface area contributed by atoms with Gasteiger partial charge in [0.25, 0.3) is 0 Å². The summed E-state index contributed by atoms with van der Waals surface area (Å²) < 4.78 is 5.52. The highest BCUT2D eigenvalue weighted by molar-refractivity contribution is 6.30. The number of halogens is 1. The van der Waals surface area contributed by atoms with Crippen molar-refractivity contribution in [3.8, 4) is 5.75 Å². The molecular formula is C17H17ClN4O2. The molecule has 0 amide bonds. The lowest BCUT2D eigenvalue weighted by atomic mass is 9.99. The molecule has 1 aliphatic rings. The van der Waals surface area contributed by atoms with Crippen LogP contribution >= 0.6 is 11.6 Å². The summed E-state index contributed by atoms with van der Waals surface area (Å²) in [4.78, 5) is 9.90. The van der Waals surface area contributed by atoms with Crippen LogP contribution in [0.5, 0.6) is 5.75 Å². The Hall–Kier alpha value is -2.31. The number of hydrogen-bond donors (Lipinski definition) is 2. The van der Waals surface area contributed by atoms with Crippen molar-refractivity contribution in [1.82, 2.24) is 20.0 Å². The van der Waals surface area contributed by atoms with Gasteiger partial charge in [0.2, 0.25) is 0 Å². The minimum absolute atomic E-state index is 0.139. The fourth-order valence-electron chi connectivity index (χ4n) is 3.22. The number of imidazole rings is 1. The number of aromatic nitrogens is 3. The first kappa shape index (κ1) is 15.2. The average Bonchev–Trinajstić information content (AvgIpc) is 3.19. The highest BCUT2D eigenvalue weighted by Gasteiger charge is 2.34. The zero-order valence-electron chi connectivity index (χ0n) is 13.2. The quantitative estimate of drug-likeness (QED) is 0.762. The maximum Gasteiger partial charge on any atom is 0.160 e. The van der Waals surface area contributed by atoms with Gasteiger partial charge >= 0.3 is 0 Å². The van der Waals surface area contributed by atoms with Crippen LogP contribution in [0.1, 0.15) is 34.4 Å². The first-order valence-electron chi connectivity index (χ1n) is 7.78. The molecule has 1 aromatic carbocycles. The maximum atomic E-state index is 10.1. The number of aryl methyl sites for hydroxylation is 1. The molecule has 3 aromatic rings. The Morgan fingerprint density at radius 1 is 1.42 bits per heavy atom. The van der Waals surface area contributed by atoms with E-state index in [1.165, 1.54) is 0 Å². The van der Waals surface area contributed by atoms with Crippen LogP contribution < -0.4 is 0 Å². The zero-order chi connectivity index (χ0) is 16.7. The number of fused-ring (bicyclic) bond motifs is 1. The molecule has 3 heterocycles. The standard InChI is InChI=1S/C17H17ClN4O2/c1-10-6-15(24-21-10)17-16-13(19-9-20-16)4-5-22(17)8-11-7-12(18)2-3-14(11)23/h2-3,6-7,9,17,23H,4-5,8H2,1H3,(H,19,20)/t17-/m0/s1. The third-order valence-electron chi connectivity index (χ3n) is 4.36. The van der Waals surface area contributed by atoms with Crippen LogP contribution in [0.3, 0.4) is 0 Å². The Balaban J connectivity index is 1.72. The predicted octanol–water partition coefficient (Wildman–Crippen LogP) is 3.21. The number of nitrogens with zero attached hydrogens (tertiary/aromatic N) is 3. The minimum atomic E-state index is -0.139. The predicted molar refractivity (Wildman–Crippen MR) is 88.9 cm³/mol. The molecular weight excluding hydrogens is 328 g/mol. The number of aromatic amines is 1. The zero-order valence-corrected chi connectivity index (χ0v) is 13.9. The molecule has 0 bridgehead atoms. The van der Waals surface area contributed by atoms with E-state index in [0.29, 0.717) is 11.6 Å². The Kier molecular flexibility index (Phi) is 3.78. The molecule has 2 N–H and O–H groups in total. The van der Waals surface area contributed by atoms with Gasteiger partial charge in [-0.1, -0.05) is 16.8 Å². The Morgan fingerprint density at radius 3 is 3.08 bits per heavy atom. The summed E-state index contributed by atoms with van der Waals surface area (Å²) in [6.07, 6.45) is 2.57. The summed E-state index contributed by atoms with van der Waals surface area (Å²) in [5, 5.41) is 14.8. The molecule has 124 valence electrons. The highest BCUT2D eigenvalue weighted by Crippen LogP contribution is 2.36. The van der Waals surface area contributed by atoms with Crippen molar-refractivity contribution in [2.75, 3.05) is 6.54 Å². The molecule has 0 saturated heterocycles. The van der Waals surface area contributed by atoms with Gasteiger partial charge in [-0.2, -0.15) is 0 Å². The number of nitrogens with one attached hydrogen (secondary N) is 1. The largest absolute Gasteiger partial charge is 0.508 e. The Labute approximate surface area is 144 Å². The van der Waals surface area contributed by atoms with Crippen LogP contribution in [0.2, 0.25) is 5.02 Å². The number of H-pyrrole nitrogens is 1. The van der Waals surface area contributed by atoms with Gasteiger partial charge in [0.05, 0.1) is 17.7 Å². The molecule has 7 heteroatoms. The lowest BCUT2D eigenvalue weighted by Crippen LogP contribution is -2.35. The minimum Gasteiger partial charge on any atom is -0.508 e. The summed E-state index contributed by atoms with van der Waals surface area (Å²) in [6.45, 7) is 3.25. The number of phenols is 1. The monoisotopic (exact) mass is 344 g/mol. The van der Waals surface area contributed by atoms with E-state index in [9.17, 15) is 5.11 Å². The van der Waals surface area contributed by atoms with Gasteiger partial charge < -0.3 is 14.6 Å². The first-order valence-corrected chi connectivity index (χ1v) is 8.16. The van der Waals surface area contributed by atoms with Crippen molar-refractivity contribution in [3.05, 3.63) is 64.0 Å². The van der Waals surface area contributed by atoms with Gasteiger partial charge in [-0.05, 0) is 25.1 Å². The summed E-state index contributed by atoms with van der Waals surface area (Å²) in [5.74, 6) is 0.988. The lowest BCUT2D eigenvalue weighted by Gasteiger charge is -2.33. The molecule has 1 aliphatic heterocycles. The topological polar surface area (TPSA) is 78.2 Å². The van der Waals surface area contributed by atoms with E-state index in [1.807, 2.05) is 13.0 Å². The van der Waals surface area contributed by atoms with Gasteiger partial charge in [-0.15, -0.1) is 0 Å². The molecule has 4 rings (SSSR count). The molecule has 0 unspecified atom stereocenters. The summed E-state index contributed by atoms with van der Waals surface area (Å²) in [6, 6.07) is 6.88. The Bertz CT molecular complexity index is 873. The van der Waals surface area contributed by atoms with Crippen LogP contribution in [0, 0.1) is 6.92 Å². The van der Waals surface area contributed by atoms with E-state index in [-0.39, 0.29) is 11.8 Å². The molecule has 0 radical (unpaired) electrons. The lowest BCUT2D eigenvalue weighted by molar-refractivity contribution is 0.168. The van der Waals surface area contributed by atoms with Crippen LogP contribution in [0.25, 0.3) is 0 Å². The van der Waals surface area contributed by atoms with Gasteiger partial charge in [-0.3, -0.25) is 4.90 Å². The van der Waals surface area contributed by atoms with Gasteiger partial charge in [0.1, 0.15) is 11.8 Å². The smallest absolute Gasteiger partial charge is 0.160 e. The fraction of sp³-hybridized carbons (Fsp3) is 0.294. The van der Waals surface area contributed by atoms with Crippen LogP contribution in [0.15, 0.2) is 35.1 Å². The molecule has 6 nitrogen and oxygen atoms in total. The summed E-state index contributed by atoms with van der Waals surface area (Å²) in [5.41, 5.74) is 3.67. The SMILES string of the molecule is Cc1cc([C@H]2c3nc[nH]c3CCN2Cc2cc(Cl)ccc2O)on1. The van der Waals surface area contributed by atoms with Crippen molar-refractivity contribution in [3.63, 3.8) is 0 Å². The third-order valence-corrected chi connectivity index (χ3v) is 4.59. The molecule has 0 aliphatic carbocycles. The van der Waals surface area contributed by atoms with Gasteiger partial charge in [0.15, 0.2) is 5.76 Å². The summed E-state index contributed by atoms with van der Waals surface area (Å²) in [7, 11) is 0. The molecule has 0 spiro atoms.